The number of aryl methyl sites for hydroxylation is 1. The van der Waals surface area contributed by atoms with Crippen LogP contribution in [0.25, 0.3) is 10.6 Å². The topological polar surface area (TPSA) is 83.7 Å². The Morgan fingerprint density at radius 1 is 1.48 bits per heavy atom. The van der Waals surface area contributed by atoms with E-state index in [2.05, 4.69) is 29.6 Å². The number of imidazole rings is 1. The van der Waals surface area contributed by atoms with Crippen LogP contribution in [-0.2, 0) is 6.54 Å². The lowest BCUT2D eigenvalue weighted by Crippen LogP contribution is -2.34. The van der Waals surface area contributed by atoms with Crippen LogP contribution in [-0.4, -0.2) is 42.7 Å². The molecule has 0 aliphatic carbocycles. The number of hydrogen-bond acceptors (Lipinski definition) is 7. The fourth-order valence-corrected chi connectivity index (χ4v) is 3.82. The van der Waals surface area contributed by atoms with E-state index in [0.29, 0.717) is 5.92 Å². The first-order valence-electron chi connectivity index (χ1n) is 7.76. The van der Waals surface area contributed by atoms with Crippen molar-refractivity contribution >= 4 is 11.5 Å². The monoisotopic (exact) mass is 330 g/mol. The van der Waals surface area contributed by atoms with E-state index in [9.17, 15) is 0 Å². The van der Waals surface area contributed by atoms with Crippen LogP contribution in [0.1, 0.15) is 36.0 Å². The molecule has 0 saturated carbocycles. The van der Waals surface area contributed by atoms with Crippen LogP contribution in [0.2, 0.25) is 0 Å². The molecule has 1 aliphatic heterocycles. The van der Waals surface area contributed by atoms with Crippen LogP contribution in [0.15, 0.2) is 23.0 Å². The molecule has 3 aromatic heterocycles. The molecule has 4 rings (SSSR count). The first-order chi connectivity index (χ1) is 11.3. The number of likely N-dealkylation sites (tertiary alicyclic amines) is 1. The van der Waals surface area contributed by atoms with Crippen molar-refractivity contribution in [2.24, 2.45) is 0 Å². The van der Waals surface area contributed by atoms with Crippen LogP contribution in [0.5, 0.6) is 0 Å². The van der Waals surface area contributed by atoms with Gasteiger partial charge in [-0.05, 0) is 37.8 Å². The van der Waals surface area contributed by atoms with Crippen molar-refractivity contribution < 1.29 is 4.52 Å². The number of aromatic nitrogens is 5. The number of nitrogens with zero attached hydrogens (tertiary/aromatic N) is 5. The third-order valence-electron chi connectivity index (χ3n) is 4.19. The number of piperidine rings is 1. The molecule has 0 aromatic carbocycles. The lowest BCUT2D eigenvalue weighted by Gasteiger charge is -2.31. The highest BCUT2D eigenvalue weighted by atomic mass is 32.1. The third-order valence-corrected chi connectivity index (χ3v) is 4.94. The van der Waals surface area contributed by atoms with E-state index in [1.54, 1.807) is 6.20 Å². The molecule has 23 heavy (non-hydrogen) atoms. The molecule has 8 heteroatoms. The van der Waals surface area contributed by atoms with Crippen LogP contribution in [0.3, 0.4) is 0 Å². The Kier molecular flexibility index (Phi) is 3.92. The largest absolute Gasteiger partial charge is 0.355 e. The zero-order valence-electron chi connectivity index (χ0n) is 12.9. The SMILES string of the molecule is Cc1cc(-c2snnc2[C@H]2CCCN(Cc3ncc[nH]3)C2)on1. The lowest BCUT2D eigenvalue weighted by molar-refractivity contribution is 0.194. The number of rotatable bonds is 4. The van der Waals surface area contributed by atoms with E-state index >= 15 is 0 Å². The molecule has 0 radical (unpaired) electrons. The van der Waals surface area contributed by atoms with E-state index in [1.807, 2.05) is 19.2 Å². The maximum absolute atomic E-state index is 5.40. The molecule has 0 bridgehead atoms. The molecule has 4 heterocycles. The predicted octanol–water partition coefficient (Wildman–Crippen LogP) is 2.60. The van der Waals surface area contributed by atoms with Gasteiger partial charge in [-0.25, -0.2) is 4.98 Å². The van der Waals surface area contributed by atoms with Crippen molar-refractivity contribution in [3.05, 3.63) is 35.7 Å². The van der Waals surface area contributed by atoms with Crippen LogP contribution in [0.4, 0.5) is 0 Å². The first kappa shape index (κ1) is 14.5. The first-order valence-corrected chi connectivity index (χ1v) is 8.53. The Morgan fingerprint density at radius 3 is 3.22 bits per heavy atom. The summed E-state index contributed by atoms with van der Waals surface area (Å²) in [5, 5.41) is 8.36. The Labute approximate surface area is 137 Å². The van der Waals surface area contributed by atoms with Crippen molar-refractivity contribution in [1.29, 1.82) is 0 Å². The Morgan fingerprint density at radius 2 is 2.43 bits per heavy atom. The van der Waals surface area contributed by atoms with Crippen molar-refractivity contribution in [3.8, 4) is 10.6 Å². The minimum Gasteiger partial charge on any atom is -0.355 e. The van der Waals surface area contributed by atoms with Gasteiger partial charge >= 0.3 is 0 Å². The Hall–Kier alpha value is -2.06. The number of H-pyrrole nitrogens is 1. The fraction of sp³-hybridized carbons (Fsp3) is 0.467. The maximum Gasteiger partial charge on any atom is 0.180 e. The smallest absolute Gasteiger partial charge is 0.180 e. The standard InChI is InChI=1S/C15H18N6OS/c1-10-7-12(22-19-10)15-14(18-20-23-15)11-3-2-6-21(8-11)9-13-16-4-5-17-13/h4-5,7,11H,2-3,6,8-9H2,1H3,(H,16,17)/t11-/m0/s1. The molecule has 0 amide bonds. The summed E-state index contributed by atoms with van der Waals surface area (Å²) < 4.78 is 9.55. The number of nitrogens with one attached hydrogen (secondary N) is 1. The lowest BCUT2D eigenvalue weighted by atomic mass is 9.93. The van der Waals surface area contributed by atoms with E-state index in [1.165, 1.54) is 11.5 Å². The summed E-state index contributed by atoms with van der Waals surface area (Å²) >= 11 is 1.38. The van der Waals surface area contributed by atoms with Gasteiger partial charge in [0, 0.05) is 30.9 Å². The van der Waals surface area contributed by atoms with E-state index in [4.69, 9.17) is 4.52 Å². The highest BCUT2D eigenvalue weighted by Crippen LogP contribution is 2.35. The second kappa shape index (κ2) is 6.21. The summed E-state index contributed by atoms with van der Waals surface area (Å²) in [7, 11) is 0. The summed E-state index contributed by atoms with van der Waals surface area (Å²) in [6.07, 6.45) is 5.94. The van der Waals surface area contributed by atoms with Gasteiger partial charge in [0.05, 0.1) is 17.9 Å². The van der Waals surface area contributed by atoms with E-state index < -0.39 is 0 Å². The Bertz CT molecular complexity index is 765. The number of aromatic amines is 1. The average Bonchev–Trinajstić information content (AvgIpc) is 3.28. The Balaban J connectivity index is 1.53. The highest BCUT2D eigenvalue weighted by Gasteiger charge is 2.28. The predicted molar refractivity (Wildman–Crippen MR) is 86.0 cm³/mol. The summed E-state index contributed by atoms with van der Waals surface area (Å²) in [6.45, 7) is 4.82. The highest BCUT2D eigenvalue weighted by molar-refractivity contribution is 7.09. The molecule has 1 aliphatic rings. The zero-order valence-corrected chi connectivity index (χ0v) is 13.7. The molecule has 1 atom stereocenters. The second-order valence-corrected chi connectivity index (χ2v) is 6.68. The molecule has 120 valence electrons. The van der Waals surface area contributed by atoms with Gasteiger partial charge in [0.2, 0.25) is 0 Å². The molecule has 3 aromatic rings. The molecular formula is C15H18N6OS. The van der Waals surface area contributed by atoms with Gasteiger partial charge in [0.15, 0.2) is 5.76 Å². The van der Waals surface area contributed by atoms with Gasteiger partial charge in [-0.3, -0.25) is 4.90 Å². The van der Waals surface area contributed by atoms with Gasteiger partial charge in [-0.2, -0.15) is 0 Å². The summed E-state index contributed by atoms with van der Waals surface area (Å²) in [4.78, 5) is 10.9. The van der Waals surface area contributed by atoms with Gasteiger partial charge < -0.3 is 9.51 Å². The van der Waals surface area contributed by atoms with E-state index in [0.717, 1.165) is 60.3 Å². The quantitative estimate of drug-likeness (QED) is 0.791. The molecule has 1 N–H and O–H groups in total. The normalized spacial score (nSPS) is 19.3. The van der Waals surface area contributed by atoms with Crippen molar-refractivity contribution in [3.63, 3.8) is 0 Å². The number of hydrogen-bond donors (Lipinski definition) is 1. The van der Waals surface area contributed by atoms with Gasteiger partial charge in [0.25, 0.3) is 0 Å². The molecule has 7 nitrogen and oxygen atoms in total. The summed E-state index contributed by atoms with van der Waals surface area (Å²) in [5.41, 5.74) is 1.91. The minimum absolute atomic E-state index is 0.373. The van der Waals surface area contributed by atoms with Gasteiger partial charge in [-0.15, -0.1) is 5.10 Å². The molecule has 1 saturated heterocycles. The molecule has 0 spiro atoms. The van der Waals surface area contributed by atoms with Crippen LogP contribution >= 0.6 is 11.5 Å². The second-order valence-electron chi connectivity index (χ2n) is 5.93. The average molecular weight is 330 g/mol. The zero-order chi connectivity index (χ0) is 15.6. The summed E-state index contributed by atoms with van der Waals surface area (Å²) in [5.74, 6) is 2.15. The fourth-order valence-electron chi connectivity index (χ4n) is 3.12. The van der Waals surface area contributed by atoms with Crippen LogP contribution in [0, 0.1) is 6.92 Å². The minimum atomic E-state index is 0.373. The third kappa shape index (κ3) is 3.04. The summed E-state index contributed by atoms with van der Waals surface area (Å²) in [6, 6.07) is 1.95. The van der Waals surface area contributed by atoms with Crippen molar-refractivity contribution in [2.75, 3.05) is 13.1 Å². The van der Waals surface area contributed by atoms with Crippen molar-refractivity contribution in [2.45, 2.75) is 32.2 Å². The molecule has 1 fully saturated rings. The molecular weight excluding hydrogens is 312 g/mol. The molecule has 0 unspecified atom stereocenters. The van der Waals surface area contributed by atoms with Gasteiger partial charge in [-0.1, -0.05) is 9.64 Å². The van der Waals surface area contributed by atoms with Crippen LogP contribution < -0.4 is 0 Å². The van der Waals surface area contributed by atoms with E-state index in [-0.39, 0.29) is 0 Å². The van der Waals surface area contributed by atoms with Gasteiger partial charge in [0.1, 0.15) is 10.7 Å². The van der Waals surface area contributed by atoms with Crippen molar-refractivity contribution in [1.82, 2.24) is 29.6 Å². The maximum atomic E-state index is 5.40.